The smallest absolute Gasteiger partial charge is 0.238 e. The zero-order valence-corrected chi connectivity index (χ0v) is 35.7. The van der Waals surface area contributed by atoms with Gasteiger partial charge in [0.1, 0.15) is 11.2 Å². The summed E-state index contributed by atoms with van der Waals surface area (Å²) in [6.45, 7) is 4.71. The van der Waals surface area contributed by atoms with Crippen LogP contribution in [-0.4, -0.2) is 19.5 Å². The lowest BCUT2D eigenvalue weighted by molar-refractivity contribution is 0.661. The van der Waals surface area contributed by atoms with Gasteiger partial charge < -0.3 is 4.42 Å². The zero-order valence-electron chi connectivity index (χ0n) is 35.7. The highest BCUT2D eigenvalue weighted by Crippen LogP contribution is 2.53. The molecule has 14 rings (SSSR count). The Morgan fingerprint density at radius 2 is 1.02 bits per heavy atom. The van der Waals surface area contributed by atoms with Crippen LogP contribution in [-0.2, 0) is 5.41 Å². The summed E-state index contributed by atoms with van der Waals surface area (Å²) >= 11 is 0. The third-order valence-corrected chi connectivity index (χ3v) is 14.0. The van der Waals surface area contributed by atoms with Crippen LogP contribution in [0.5, 0.6) is 0 Å². The first-order valence-corrected chi connectivity index (χ1v) is 22.3. The number of fused-ring (bicyclic) bond motifs is 13. The van der Waals surface area contributed by atoms with Gasteiger partial charge in [-0.15, -0.1) is 0 Å². The maximum Gasteiger partial charge on any atom is 0.238 e. The molecule has 0 N–H and O–H groups in total. The standard InChI is InChI=1S/C60H38N4O/c1-60(2)50-28-26-40(32-49(50)55-43-17-8-7-13-36(43)25-29-51(55)60)44-19-11-20-47-48-31-38-15-5-6-16-39(38)33-52(48)64(56(44)47)59-62-57(41-23-22-35-12-3-4-14-37(35)30-41)61-58(63-59)42-24-27-46-45-18-9-10-21-53(45)65-54(46)34-42/h3-34H,1-2H3. The van der Waals surface area contributed by atoms with Crippen LogP contribution in [0.3, 0.4) is 0 Å². The van der Waals surface area contributed by atoms with E-state index in [9.17, 15) is 0 Å². The Bertz CT molecular complexity index is 4170. The number of nitrogens with zero attached hydrogens (tertiary/aromatic N) is 4. The minimum absolute atomic E-state index is 0.139. The van der Waals surface area contributed by atoms with Crippen molar-refractivity contribution in [2.45, 2.75) is 19.3 Å². The minimum Gasteiger partial charge on any atom is -0.456 e. The van der Waals surface area contributed by atoms with Crippen LogP contribution in [0, 0.1) is 0 Å². The van der Waals surface area contributed by atoms with E-state index in [2.05, 4.69) is 194 Å². The normalized spacial score (nSPS) is 13.2. The molecular weight excluding hydrogens is 793 g/mol. The Labute approximate surface area is 373 Å². The fraction of sp³-hybridized carbons (Fsp3) is 0.0500. The molecule has 1 aliphatic rings. The summed E-state index contributed by atoms with van der Waals surface area (Å²) in [6.07, 6.45) is 0. The lowest BCUT2D eigenvalue weighted by atomic mass is 9.82. The molecule has 0 unspecified atom stereocenters. The van der Waals surface area contributed by atoms with Gasteiger partial charge >= 0.3 is 0 Å². The molecule has 0 amide bonds. The molecular formula is C60H38N4O. The van der Waals surface area contributed by atoms with E-state index in [1.807, 2.05) is 18.2 Å². The minimum atomic E-state index is -0.139. The number of para-hydroxylation sites is 2. The van der Waals surface area contributed by atoms with Gasteiger partial charge in [-0.25, -0.2) is 4.98 Å². The molecule has 13 aromatic rings. The van der Waals surface area contributed by atoms with E-state index in [1.165, 1.54) is 38.4 Å². The molecule has 0 bridgehead atoms. The second-order valence-electron chi connectivity index (χ2n) is 18.0. The van der Waals surface area contributed by atoms with E-state index < -0.39 is 0 Å². The Morgan fingerprint density at radius 3 is 1.85 bits per heavy atom. The molecule has 304 valence electrons. The lowest BCUT2D eigenvalue weighted by Crippen LogP contribution is -2.14. The second kappa shape index (κ2) is 13.3. The first-order chi connectivity index (χ1) is 31.9. The SMILES string of the molecule is CC1(C)c2ccc(-c3cccc4c5cc6ccccc6cc5n(-c5nc(-c6ccc7ccccc7c6)nc(-c6ccc7c(c6)oc6ccccc67)n5)c34)cc2-c2c1ccc1ccccc21. The largest absolute Gasteiger partial charge is 0.456 e. The van der Waals surface area contributed by atoms with Crippen LogP contribution < -0.4 is 0 Å². The highest BCUT2D eigenvalue weighted by atomic mass is 16.3. The third kappa shape index (κ3) is 5.30. The first kappa shape index (κ1) is 36.1. The topological polar surface area (TPSA) is 56.7 Å². The molecule has 0 fully saturated rings. The van der Waals surface area contributed by atoms with E-state index in [0.717, 1.165) is 82.2 Å². The fourth-order valence-corrected chi connectivity index (χ4v) is 10.8. The molecule has 5 nitrogen and oxygen atoms in total. The maximum atomic E-state index is 6.41. The van der Waals surface area contributed by atoms with Crippen LogP contribution in [0.1, 0.15) is 25.0 Å². The van der Waals surface area contributed by atoms with E-state index in [0.29, 0.717) is 17.6 Å². The van der Waals surface area contributed by atoms with Crippen molar-refractivity contribution in [2.24, 2.45) is 0 Å². The number of rotatable bonds is 4. The van der Waals surface area contributed by atoms with Gasteiger partial charge in [-0.2, -0.15) is 9.97 Å². The number of benzene rings is 10. The highest BCUT2D eigenvalue weighted by molar-refractivity contribution is 6.17. The Kier molecular flexibility index (Phi) is 7.39. The van der Waals surface area contributed by atoms with E-state index in [4.69, 9.17) is 19.4 Å². The van der Waals surface area contributed by atoms with Crippen LogP contribution in [0.15, 0.2) is 199 Å². The van der Waals surface area contributed by atoms with Crippen molar-refractivity contribution in [1.82, 2.24) is 19.5 Å². The molecule has 10 aromatic carbocycles. The summed E-state index contributed by atoms with van der Waals surface area (Å²) in [6, 6.07) is 69.7. The number of hydrogen-bond donors (Lipinski definition) is 0. The average Bonchev–Trinajstić information content (AvgIpc) is 3.97. The number of hydrogen-bond acceptors (Lipinski definition) is 4. The average molecular weight is 831 g/mol. The van der Waals surface area contributed by atoms with E-state index in [-0.39, 0.29) is 5.41 Å². The molecule has 3 aromatic heterocycles. The van der Waals surface area contributed by atoms with Crippen molar-refractivity contribution in [3.63, 3.8) is 0 Å². The zero-order chi connectivity index (χ0) is 43.0. The van der Waals surface area contributed by atoms with Gasteiger partial charge in [-0.05, 0) is 103 Å². The Hall–Kier alpha value is -8.41. The van der Waals surface area contributed by atoms with Gasteiger partial charge in [0.2, 0.25) is 5.95 Å². The molecule has 3 heterocycles. The lowest BCUT2D eigenvalue weighted by Gasteiger charge is -2.21. The van der Waals surface area contributed by atoms with E-state index in [1.54, 1.807) is 0 Å². The van der Waals surface area contributed by atoms with Gasteiger partial charge in [0, 0.05) is 43.7 Å². The number of aromatic nitrogens is 4. The quantitative estimate of drug-likeness (QED) is 0.177. The maximum absolute atomic E-state index is 6.41. The van der Waals surface area contributed by atoms with Gasteiger partial charge in [-0.1, -0.05) is 166 Å². The Balaban J connectivity index is 1.06. The molecule has 0 saturated carbocycles. The monoisotopic (exact) mass is 830 g/mol. The number of furan rings is 1. The van der Waals surface area contributed by atoms with Crippen LogP contribution in [0.4, 0.5) is 0 Å². The molecule has 0 saturated heterocycles. The van der Waals surface area contributed by atoms with E-state index >= 15 is 0 Å². The van der Waals surface area contributed by atoms with Crippen LogP contribution >= 0.6 is 0 Å². The molecule has 5 heteroatoms. The van der Waals surface area contributed by atoms with Gasteiger partial charge in [0.15, 0.2) is 11.6 Å². The van der Waals surface area contributed by atoms with Crippen molar-refractivity contribution in [3.8, 4) is 51.0 Å². The first-order valence-electron chi connectivity index (χ1n) is 22.3. The highest BCUT2D eigenvalue weighted by Gasteiger charge is 2.36. The van der Waals surface area contributed by atoms with Crippen molar-refractivity contribution >= 4 is 76.1 Å². The third-order valence-electron chi connectivity index (χ3n) is 14.0. The molecule has 1 aliphatic carbocycles. The van der Waals surface area contributed by atoms with Crippen LogP contribution in [0.2, 0.25) is 0 Å². The van der Waals surface area contributed by atoms with Crippen molar-refractivity contribution in [2.75, 3.05) is 0 Å². The predicted octanol–water partition coefficient (Wildman–Crippen LogP) is 15.6. The summed E-state index contributed by atoms with van der Waals surface area (Å²) < 4.78 is 8.69. The molecule has 65 heavy (non-hydrogen) atoms. The van der Waals surface area contributed by atoms with Crippen molar-refractivity contribution in [3.05, 3.63) is 205 Å². The van der Waals surface area contributed by atoms with Crippen molar-refractivity contribution < 1.29 is 4.42 Å². The summed E-state index contributed by atoms with van der Waals surface area (Å²) in [7, 11) is 0. The Morgan fingerprint density at radius 1 is 0.400 bits per heavy atom. The van der Waals surface area contributed by atoms with Crippen LogP contribution in [0.25, 0.3) is 127 Å². The predicted molar refractivity (Wildman–Crippen MR) is 268 cm³/mol. The second-order valence-corrected chi connectivity index (χ2v) is 18.0. The summed E-state index contributed by atoms with van der Waals surface area (Å²) in [5.41, 5.74) is 12.9. The summed E-state index contributed by atoms with van der Waals surface area (Å²) in [4.78, 5) is 16.2. The summed E-state index contributed by atoms with van der Waals surface area (Å²) in [5.74, 6) is 1.71. The molecule has 0 atom stereocenters. The summed E-state index contributed by atoms with van der Waals surface area (Å²) in [5, 5.41) is 11.6. The molecule has 0 radical (unpaired) electrons. The molecule has 0 spiro atoms. The van der Waals surface area contributed by atoms with Gasteiger partial charge in [-0.3, -0.25) is 4.57 Å². The van der Waals surface area contributed by atoms with Gasteiger partial charge in [0.05, 0.1) is 11.0 Å². The van der Waals surface area contributed by atoms with Gasteiger partial charge in [0.25, 0.3) is 0 Å². The van der Waals surface area contributed by atoms with Crippen molar-refractivity contribution in [1.29, 1.82) is 0 Å². The molecule has 0 aliphatic heterocycles. The fourth-order valence-electron chi connectivity index (χ4n) is 10.8.